The second kappa shape index (κ2) is 6.49. The van der Waals surface area contributed by atoms with Gasteiger partial charge in [-0.1, -0.05) is 51.1 Å². The predicted octanol–water partition coefficient (Wildman–Crippen LogP) is 4.57. The van der Waals surface area contributed by atoms with Gasteiger partial charge in [0.05, 0.1) is 13.2 Å². The molecule has 2 aliphatic heterocycles. The molecule has 1 aromatic rings. The summed E-state index contributed by atoms with van der Waals surface area (Å²) in [6.07, 6.45) is 6.00. The second-order valence-electron chi connectivity index (χ2n) is 9.73. The van der Waals surface area contributed by atoms with Gasteiger partial charge >= 0.3 is 0 Å². The zero-order valence-corrected chi connectivity index (χ0v) is 18.5. The summed E-state index contributed by atoms with van der Waals surface area (Å²) in [7, 11) is -1.90. The Morgan fingerprint density at radius 2 is 1.93 bits per heavy atom. The standard InChI is InChI=1S/C23H30O4Si/c1-21(2,3)28(4,5)26-16-22-12-11-19(24)23(27-22)18(14-22)13-20(23)25-15-17-9-7-6-8-10-17/h6-13,20H,14-16H2,1-5H3/t20-,22-,23-/m0/s1. The lowest BCUT2D eigenvalue weighted by Crippen LogP contribution is -2.59. The third-order valence-electron chi connectivity index (χ3n) is 6.74. The Balaban J connectivity index is 1.48. The van der Waals surface area contributed by atoms with Gasteiger partial charge in [0, 0.05) is 6.42 Å². The first kappa shape index (κ1) is 19.8. The molecule has 28 heavy (non-hydrogen) atoms. The number of hydrogen-bond acceptors (Lipinski definition) is 4. The molecule has 5 heteroatoms. The summed E-state index contributed by atoms with van der Waals surface area (Å²) in [5, 5.41) is 0.133. The van der Waals surface area contributed by atoms with E-state index in [4.69, 9.17) is 13.9 Å². The Kier molecular flexibility index (Phi) is 4.58. The van der Waals surface area contributed by atoms with Crippen LogP contribution in [0.2, 0.25) is 18.1 Å². The van der Waals surface area contributed by atoms with Crippen LogP contribution in [-0.2, 0) is 25.3 Å². The molecule has 1 aromatic carbocycles. The highest BCUT2D eigenvalue weighted by Gasteiger charge is 2.66. The van der Waals surface area contributed by atoms with E-state index in [1.165, 1.54) is 0 Å². The number of ether oxygens (including phenoxy) is 2. The maximum atomic E-state index is 12.8. The molecule has 2 bridgehead atoms. The number of rotatable bonds is 6. The average molecular weight is 399 g/mol. The number of ketones is 1. The summed E-state index contributed by atoms with van der Waals surface area (Å²) in [5.41, 5.74) is 0.630. The summed E-state index contributed by atoms with van der Waals surface area (Å²) in [6, 6.07) is 10.0. The fourth-order valence-corrected chi connectivity index (χ4v) is 4.91. The van der Waals surface area contributed by atoms with E-state index in [1.54, 1.807) is 6.08 Å². The highest BCUT2D eigenvalue weighted by Crippen LogP contribution is 2.55. The van der Waals surface area contributed by atoms with Gasteiger partial charge in [0.25, 0.3) is 0 Å². The van der Waals surface area contributed by atoms with Gasteiger partial charge in [0.2, 0.25) is 0 Å². The van der Waals surface area contributed by atoms with Crippen molar-refractivity contribution in [2.24, 2.45) is 0 Å². The topological polar surface area (TPSA) is 44.8 Å². The molecule has 0 saturated carbocycles. The van der Waals surface area contributed by atoms with Crippen molar-refractivity contribution in [3.05, 3.63) is 59.7 Å². The number of carbonyl (C=O) groups is 1. The van der Waals surface area contributed by atoms with Gasteiger partial charge in [-0.3, -0.25) is 4.79 Å². The molecular weight excluding hydrogens is 368 g/mol. The molecule has 150 valence electrons. The molecule has 1 saturated heterocycles. The molecule has 1 spiro atoms. The minimum atomic E-state index is -1.90. The number of fused-ring (bicyclic) bond motifs is 1. The summed E-state index contributed by atoms with van der Waals surface area (Å²) in [6.45, 7) is 12.1. The Hall–Kier alpha value is -1.53. The van der Waals surface area contributed by atoms with Crippen LogP contribution in [0.5, 0.6) is 0 Å². The van der Waals surface area contributed by atoms with Crippen molar-refractivity contribution in [1.82, 2.24) is 0 Å². The first-order valence-corrected chi connectivity index (χ1v) is 12.9. The van der Waals surface area contributed by atoms with Gasteiger partial charge in [-0.25, -0.2) is 0 Å². The largest absolute Gasteiger partial charge is 0.414 e. The quantitative estimate of drug-likeness (QED) is 0.520. The molecule has 0 unspecified atom stereocenters. The van der Waals surface area contributed by atoms with Crippen LogP contribution in [0.4, 0.5) is 0 Å². The molecule has 0 radical (unpaired) electrons. The molecule has 1 fully saturated rings. The van der Waals surface area contributed by atoms with Crippen LogP contribution in [0.15, 0.2) is 54.1 Å². The number of carbonyl (C=O) groups excluding carboxylic acids is 1. The van der Waals surface area contributed by atoms with Crippen LogP contribution < -0.4 is 0 Å². The minimum Gasteiger partial charge on any atom is -0.414 e. The van der Waals surface area contributed by atoms with Gasteiger partial charge in [-0.15, -0.1) is 0 Å². The Labute approximate surface area is 168 Å². The third kappa shape index (κ3) is 3.05. The van der Waals surface area contributed by atoms with Gasteiger partial charge < -0.3 is 13.9 Å². The van der Waals surface area contributed by atoms with Crippen molar-refractivity contribution >= 4 is 14.1 Å². The van der Waals surface area contributed by atoms with Crippen LogP contribution in [0.25, 0.3) is 0 Å². The van der Waals surface area contributed by atoms with E-state index in [1.807, 2.05) is 36.4 Å². The van der Waals surface area contributed by atoms with E-state index in [-0.39, 0.29) is 16.9 Å². The molecule has 0 amide bonds. The highest BCUT2D eigenvalue weighted by atomic mass is 28.4. The zero-order valence-electron chi connectivity index (χ0n) is 17.5. The normalized spacial score (nSPS) is 31.4. The van der Waals surface area contributed by atoms with Crippen molar-refractivity contribution < 1.29 is 18.7 Å². The molecule has 4 nitrogen and oxygen atoms in total. The lowest BCUT2D eigenvalue weighted by molar-refractivity contribution is -0.174. The summed E-state index contributed by atoms with van der Waals surface area (Å²) in [4.78, 5) is 12.8. The molecule has 3 aliphatic rings. The SMILES string of the molecule is CC(C)(C)[Si](C)(C)OC[C@@]12C=CC(=O)[C@@]3(O1)C(=C[C@@H]3OCc1ccccc1)C2. The van der Waals surface area contributed by atoms with E-state index in [2.05, 4.69) is 39.9 Å². The van der Waals surface area contributed by atoms with Gasteiger partial charge in [0.15, 0.2) is 19.7 Å². The summed E-state index contributed by atoms with van der Waals surface area (Å²) < 4.78 is 19.0. The van der Waals surface area contributed by atoms with E-state index in [0.29, 0.717) is 19.6 Å². The van der Waals surface area contributed by atoms with Crippen LogP contribution in [0.3, 0.4) is 0 Å². The Morgan fingerprint density at radius 1 is 1.21 bits per heavy atom. The van der Waals surface area contributed by atoms with Crippen LogP contribution in [0.1, 0.15) is 32.8 Å². The zero-order chi connectivity index (χ0) is 20.2. The van der Waals surface area contributed by atoms with Gasteiger partial charge in [-0.05, 0) is 47.5 Å². The minimum absolute atomic E-state index is 0.0106. The first-order valence-electron chi connectivity index (χ1n) is 10.0. The lowest BCUT2D eigenvalue weighted by atomic mass is 9.74. The number of hydrogen-bond donors (Lipinski definition) is 0. The second-order valence-corrected chi connectivity index (χ2v) is 14.5. The average Bonchev–Trinajstić information content (AvgIpc) is 2.85. The van der Waals surface area contributed by atoms with Crippen molar-refractivity contribution in [2.45, 2.75) is 69.2 Å². The molecule has 2 heterocycles. The fraction of sp³-hybridized carbons (Fsp3) is 0.522. The maximum absolute atomic E-state index is 12.8. The lowest BCUT2D eigenvalue weighted by Gasteiger charge is -2.44. The summed E-state index contributed by atoms with van der Waals surface area (Å²) in [5.74, 6) is -0.0106. The van der Waals surface area contributed by atoms with Gasteiger partial charge in [0.1, 0.15) is 11.7 Å². The molecule has 1 aliphatic carbocycles. The van der Waals surface area contributed by atoms with Crippen molar-refractivity contribution in [3.63, 3.8) is 0 Å². The predicted molar refractivity (Wildman–Crippen MR) is 112 cm³/mol. The van der Waals surface area contributed by atoms with Crippen molar-refractivity contribution in [1.29, 1.82) is 0 Å². The molecule has 0 aromatic heterocycles. The molecule has 4 rings (SSSR count). The highest BCUT2D eigenvalue weighted by molar-refractivity contribution is 6.74. The number of benzene rings is 1. The molecular formula is C23H30O4Si. The summed E-state index contributed by atoms with van der Waals surface area (Å²) >= 11 is 0. The smallest absolute Gasteiger partial charge is 0.194 e. The van der Waals surface area contributed by atoms with Crippen molar-refractivity contribution in [3.8, 4) is 0 Å². The third-order valence-corrected chi connectivity index (χ3v) is 11.2. The monoisotopic (exact) mass is 398 g/mol. The molecule has 0 N–H and O–H groups in total. The van der Waals surface area contributed by atoms with Crippen LogP contribution in [0, 0.1) is 0 Å². The maximum Gasteiger partial charge on any atom is 0.194 e. The van der Waals surface area contributed by atoms with E-state index >= 15 is 0 Å². The van der Waals surface area contributed by atoms with Crippen molar-refractivity contribution in [2.75, 3.05) is 6.61 Å². The first-order chi connectivity index (χ1) is 13.1. The van der Waals surface area contributed by atoms with E-state index in [0.717, 1.165) is 11.1 Å². The van der Waals surface area contributed by atoms with E-state index < -0.39 is 19.5 Å². The van der Waals surface area contributed by atoms with Gasteiger partial charge in [-0.2, -0.15) is 0 Å². The molecule has 3 atom stereocenters. The fourth-order valence-electron chi connectivity index (χ4n) is 3.87. The van der Waals surface area contributed by atoms with Crippen LogP contribution >= 0.6 is 0 Å². The Morgan fingerprint density at radius 3 is 2.61 bits per heavy atom. The van der Waals surface area contributed by atoms with Crippen LogP contribution in [-0.4, -0.2) is 38.0 Å². The Bertz CT molecular complexity index is 836. The van der Waals surface area contributed by atoms with E-state index in [9.17, 15) is 4.79 Å².